The van der Waals surface area contributed by atoms with Gasteiger partial charge < -0.3 is 10.6 Å². The van der Waals surface area contributed by atoms with Gasteiger partial charge in [-0.2, -0.15) is 18.3 Å². The van der Waals surface area contributed by atoms with E-state index in [1.54, 1.807) is 29.3 Å². The van der Waals surface area contributed by atoms with Gasteiger partial charge in [0.15, 0.2) is 0 Å². The summed E-state index contributed by atoms with van der Waals surface area (Å²) in [6.45, 7) is 1.94. The lowest BCUT2D eigenvalue weighted by molar-refractivity contribution is -0.137. The summed E-state index contributed by atoms with van der Waals surface area (Å²) in [5.74, 6) is 0.209. The van der Waals surface area contributed by atoms with Crippen LogP contribution in [0.4, 0.5) is 19.0 Å². The van der Waals surface area contributed by atoms with E-state index < -0.39 is 11.7 Å². The van der Waals surface area contributed by atoms with Crippen LogP contribution in [0.3, 0.4) is 0 Å². The molecular weight excluding hydrogens is 457 g/mol. The number of hydrogen-bond acceptors (Lipinski definition) is 5. The van der Waals surface area contributed by atoms with Crippen molar-refractivity contribution >= 4 is 22.6 Å². The summed E-state index contributed by atoms with van der Waals surface area (Å²) < 4.78 is 39.0. The summed E-state index contributed by atoms with van der Waals surface area (Å²) in [7, 11) is 0. The number of amides is 1. The van der Waals surface area contributed by atoms with Crippen LogP contribution >= 0.6 is 0 Å². The maximum Gasteiger partial charge on any atom is 0.417 e. The van der Waals surface area contributed by atoms with E-state index in [9.17, 15) is 18.0 Å². The summed E-state index contributed by atoms with van der Waals surface area (Å²) in [6.07, 6.45) is 0.166. The molecule has 0 unspecified atom stereocenters. The number of carbonyl (C=O) groups is 1. The summed E-state index contributed by atoms with van der Waals surface area (Å²) in [4.78, 5) is 23.8. The van der Waals surface area contributed by atoms with Gasteiger partial charge >= 0.3 is 6.18 Å². The molecule has 180 valence electrons. The van der Waals surface area contributed by atoms with E-state index in [4.69, 9.17) is 5.73 Å². The van der Waals surface area contributed by atoms with Crippen LogP contribution in [0.5, 0.6) is 0 Å². The van der Waals surface area contributed by atoms with Gasteiger partial charge in [0.2, 0.25) is 0 Å². The first-order chi connectivity index (χ1) is 16.7. The number of carbonyl (C=O) groups excluding carboxylic acids is 1. The molecule has 0 aliphatic heterocycles. The van der Waals surface area contributed by atoms with Crippen molar-refractivity contribution in [3.63, 3.8) is 0 Å². The number of alkyl halides is 3. The Kier molecular flexibility index (Phi) is 5.66. The van der Waals surface area contributed by atoms with Crippen LogP contribution in [-0.4, -0.2) is 37.0 Å². The van der Waals surface area contributed by atoms with Crippen molar-refractivity contribution in [2.45, 2.75) is 44.9 Å². The lowest BCUT2D eigenvalue weighted by atomic mass is 9.92. The van der Waals surface area contributed by atoms with E-state index in [-0.39, 0.29) is 18.5 Å². The number of nitrogens with two attached hydrogens (primary N) is 1. The van der Waals surface area contributed by atoms with E-state index in [1.165, 1.54) is 6.07 Å². The van der Waals surface area contributed by atoms with Crippen LogP contribution in [0.2, 0.25) is 0 Å². The van der Waals surface area contributed by atoms with Gasteiger partial charge in [0.1, 0.15) is 5.82 Å². The average Bonchev–Trinajstić information content (AvgIpc) is 3.30. The summed E-state index contributed by atoms with van der Waals surface area (Å²) in [5.41, 5.74) is 9.51. The smallest absolute Gasteiger partial charge is 0.383 e. The molecule has 0 fully saturated rings. The van der Waals surface area contributed by atoms with E-state index in [1.807, 2.05) is 13.0 Å². The summed E-state index contributed by atoms with van der Waals surface area (Å²) in [5, 5.41) is 7.89. The Labute approximate surface area is 199 Å². The third-order valence-electron chi connectivity index (χ3n) is 6.47. The fourth-order valence-electron chi connectivity index (χ4n) is 4.48. The number of fused-ring (bicyclic) bond motifs is 2. The molecule has 7 nitrogen and oxygen atoms in total. The fourth-order valence-corrected chi connectivity index (χ4v) is 4.48. The highest BCUT2D eigenvalue weighted by Crippen LogP contribution is 2.30. The Morgan fingerprint density at radius 3 is 2.77 bits per heavy atom. The zero-order valence-electron chi connectivity index (χ0n) is 18.9. The van der Waals surface area contributed by atoms with Crippen LogP contribution in [0.25, 0.3) is 10.9 Å². The Balaban J connectivity index is 1.48. The number of nitrogens with one attached hydrogen (secondary N) is 1. The Morgan fingerprint density at radius 2 is 2.03 bits per heavy atom. The second-order valence-electron chi connectivity index (χ2n) is 8.84. The lowest BCUT2D eigenvalue weighted by Gasteiger charge is -2.34. The van der Waals surface area contributed by atoms with Crippen molar-refractivity contribution < 1.29 is 18.0 Å². The van der Waals surface area contributed by atoms with Crippen LogP contribution in [0, 0.1) is 6.92 Å². The van der Waals surface area contributed by atoms with E-state index in [0.717, 1.165) is 40.9 Å². The molecule has 3 heterocycles. The molecule has 3 N–H and O–H groups in total. The molecule has 0 radical (unpaired) electrons. The topological polar surface area (TPSA) is 101 Å². The van der Waals surface area contributed by atoms with E-state index >= 15 is 0 Å². The minimum atomic E-state index is -4.47. The molecule has 5 rings (SSSR count). The van der Waals surface area contributed by atoms with Crippen molar-refractivity contribution in [2.75, 3.05) is 5.73 Å². The van der Waals surface area contributed by atoms with Crippen LogP contribution in [0.15, 0.2) is 48.8 Å². The second kappa shape index (κ2) is 8.68. The minimum Gasteiger partial charge on any atom is -0.383 e. The van der Waals surface area contributed by atoms with Gasteiger partial charge in [0.05, 0.1) is 29.5 Å². The van der Waals surface area contributed by atoms with Gasteiger partial charge in [-0.15, -0.1) is 0 Å². The van der Waals surface area contributed by atoms with Gasteiger partial charge in [-0.25, -0.2) is 4.98 Å². The molecule has 35 heavy (non-hydrogen) atoms. The number of aromatic nitrogens is 4. The number of rotatable bonds is 4. The van der Waals surface area contributed by atoms with Gasteiger partial charge in [-0.1, -0.05) is 0 Å². The predicted molar refractivity (Wildman–Crippen MR) is 124 cm³/mol. The van der Waals surface area contributed by atoms with Crippen molar-refractivity contribution in [1.82, 2.24) is 25.1 Å². The molecule has 0 saturated heterocycles. The SMILES string of the molecule is Cc1cc2cc(C(=O)N(Cc3ccc(C(F)(F)F)cn3)[C@H]3CCc4cn[nH]c4C3)ccc2nc1N. The maximum atomic E-state index is 13.8. The Morgan fingerprint density at radius 1 is 1.20 bits per heavy atom. The number of pyridine rings is 2. The van der Waals surface area contributed by atoms with Crippen molar-refractivity contribution in [3.8, 4) is 0 Å². The largest absolute Gasteiger partial charge is 0.417 e. The fraction of sp³-hybridized carbons (Fsp3) is 0.280. The molecule has 1 aliphatic rings. The van der Waals surface area contributed by atoms with Gasteiger partial charge in [0, 0.05) is 35.3 Å². The molecule has 0 bridgehead atoms. The van der Waals surface area contributed by atoms with Crippen LogP contribution in [0.1, 0.15) is 44.9 Å². The van der Waals surface area contributed by atoms with Gasteiger partial charge in [-0.3, -0.25) is 14.9 Å². The first kappa shape index (κ1) is 22.8. The minimum absolute atomic E-state index is 0.0855. The number of halogens is 3. The molecule has 10 heteroatoms. The zero-order chi connectivity index (χ0) is 24.7. The molecule has 1 aliphatic carbocycles. The average molecular weight is 480 g/mol. The maximum absolute atomic E-state index is 13.8. The normalized spacial score (nSPS) is 15.7. The lowest BCUT2D eigenvalue weighted by Crippen LogP contribution is -2.43. The van der Waals surface area contributed by atoms with Crippen LogP contribution in [-0.2, 0) is 25.6 Å². The quantitative estimate of drug-likeness (QED) is 0.449. The second-order valence-corrected chi connectivity index (χ2v) is 8.84. The van der Waals surface area contributed by atoms with Crippen molar-refractivity contribution in [1.29, 1.82) is 0 Å². The third-order valence-corrected chi connectivity index (χ3v) is 6.47. The molecule has 3 aromatic heterocycles. The van der Waals surface area contributed by atoms with Crippen molar-refractivity contribution in [2.24, 2.45) is 0 Å². The molecule has 0 spiro atoms. The highest BCUT2D eigenvalue weighted by molar-refractivity contribution is 5.98. The summed E-state index contributed by atoms with van der Waals surface area (Å²) >= 11 is 0. The summed E-state index contributed by atoms with van der Waals surface area (Å²) in [6, 6.07) is 9.26. The van der Waals surface area contributed by atoms with E-state index in [2.05, 4.69) is 20.2 Å². The Hall–Kier alpha value is -3.95. The van der Waals surface area contributed by atoms with E-state index in [0.29, 0.717) is 35.4 Å². The first-order valence-electron chi connectivity index (χ1n) is 11.2. The highest BCUT2D eigenvalue weighted by atomic mass is 19.4. The number of anilines is 1. The standard InChI is InChI=1S/C25H23F3N6O/c1-14-8-17-9-15(3-7-21(17)32-23(14)29)24(35)34(20-6-2-16-11-31-33-22(16)10-20)13-19-5-4-18(12-30-19)25(26,27)28/h3-5,7-9,11-12,20H,2,6,10,13H2,1H3,(H2,29,32)(H,31,33)/t20-/m0/s1. The number of aromatic amines is 1. The van der Waals surface area contributed by atoms with Crippen molar-refractivity contribution in [3.05, 3.63) is 82.4 Å². The molecule has 1 atom stereocenters. The molecule has 4 aromatic rings. The number of benzene rings is 1. The highest BCUT2D eigenvalue weighted by Gasteiger charge is 2.32. The molecule has 1 amide bonds. The molecule has 0 saturated carbocycles. The van der Waals surface area contributed by atoms with Gasteiger partial charge in [0.25, 0.3) is 5.91 Å². The molecular formula is C25H23F3N6O. The van der Waals surface area contributed by atoms with Crippen LogP contribution < -0.4 is 5.73 Å². The first-order valence-corrected chi connectivity index (χ1v) is 11.2. The number of nitrogen functional groups attached to an aromatic ring is 1. The number of aryl methyl sites for hydroxylation is 2. The number of H-pyrrole nitrogens is 1. The molecule has 1 aromatic carbocycles. The number of nitrogens with zero attached hydrogens (tertiary/aromatic N) is 4. The van der Waals surface area contributed by atoms with Gasteiger partial charge in [-0.05, 0) is 67.3 Å². The third kappa shape index (κ3) is 4.55. The zero-order valence-corrected chi connectivity index (χ0v) is 18.9. The Bertz CT molecular complexity index is 1400. The predicted octanol–water partition coefficient (Wildman–Crippen LogP) is 4.46. The number of hydrogen-bond donors (Lipinski definition) is 2. The monoisotopic (exact) mass is 480 g/mol.